The van der Waals surface area contributed by atoms with Crippen LogP contribution < -0.4 is 11.1 Å². The molecule has 0 fully saturated rings. The van der Waals surface area contributed by atoms with E-state index >= 15 is 0 Å². The fourth-order valence-corrected chi connectivity index (χ4v) is 1.30. The molecular formula is C10H8N2O5. The molecule has 1 heterocycles. The Kier molecular flexibility index (Phi) is 2.65. The fourth-order valence-electron chi connectivity index (χ4n) is 1.30. The first-order valence-electron chi connectivity index (χ1n) is 4.62. The second-order valence-electron chi connectivity index (χ2n) is 3.17. The number of rotatable bonds is 1. The molecule has 0 bridgehead atoms. The van der Waals surface area contributed by atoms with Crippen LogP contribution in [0.25, 0.3) is 11.1 Å². The number of hydrogen-bond donors (Lipinski definition) is 2. The average molecular weight is 236 g/mol. The first-order chi connectivity index (χ1) is 8.10. The summed E-state index contributed by atoms with van der Waals surface area (Å²) < 4.78 is 9.04. The number of benzene rings is 1. The normalized spacial score (nSPS) is 10.2. The Labute approximate surface area is 94.4 Å². The van der Waals surface area contributed by atoms with Crippen LogP contribution in [0.15, 0.2) is 27.4 Å². The van der Waals surface area contributed by atoms with Crippen molar-refractivity contribution >= 4 is 28.7 Å². The number of H-pyrrole nitrogens is 1. The second kappa shape index (κ2) is 4.12. The number of amides is 1. The number of esters is 1. The zero-order chi connectivity index (χ0) is 12.4. The lowest BCUT2D eigenvalue weighted by Gasteiger charge is -2.02. The highest BCUT2D eigenvalue weighted by molar-refractivity contribution is 6.37. The number of aromatic amines is 1. The van der Waals surface area contributed by atoms with Crippen molar-refractivity contribution in [1.82, 2.24) is 4.98 Å². The summed E-state index contributed by atoms with van der Waals surface area (Å²) in [5, 5.41) is 2.30. The van der Waals surface area contributed by atoms with Gasteiger partial charge in [0.25, 0.3) is 0 Å². The van der Waals surface area contributed by atoms with Crippen molar-refractivity contribution in [3.63, 3.8) is 0 Å². The third kappa shape index (κ3) is 2.17. The molecule has 2 rings (SSSR count). The molecule has 0 radical (unpaired) electrons. The summed E-state index contributed by atoms with van der Waals surface area (Å²) in [7, 11) is 1.11. The van der Waals surface area contributed by atoms with E-state index in [-0.39, 0.29) is 5.58 Å². The van der Waals surface area contributed by atoms with Gasteiger partial charge in [-0.15, -0.1) is 0 Å². The van der Waals surface area contributed by atoms with Gasteiger partial charge in [0.05, 0.1) is 12.6 Å². The molecule has 2 aromatic rings. The molecule has 7 nitrogen and oxygen atoms in total. The Morgan fingerprint density at radius 1 is 1.41 bits per heavy atom. The summed E-state index contributed by atoms with van der Waals surface area (Å²) in [5.74, 6) is -2.48. The summed E-state index contributed by atoms with van der Waals surface area (Å²) in [5.41, 5.74) is 1.12. The summed E-state index contributed by atoms with van der Waals surface area (Å²) in [4.78, 5) is 35.4. The first kappa shape index (κ1) is 10.9. The van der Waals surface area contributed by atoms with E-state index < -0.39 is 17.6 Å². The van der Waals surface area contributed by atoms with Crippen molar-refractivity contribution in [3.05, 3.63) is 28.7 Å². The van der Waals surface area contributed by atoms with Crippen molar-refractivity contribution in [1.29, 1.82) is 0 Å². The zero-order valence-electron chi connectivity index (χ0n) is 8.77. The number of carbonyl (C=O) groups is 2. The van der Waals surface area contributed by atoms with Gasteiger partial charge in [0.2, 0.25) is 0 Å². The number of aromatic nitrogens is 1. The van der Waals surface area contributed by atoms with E-state index in [1.165, 1.54) is 12.1 Å². The molecule has 0 saturated carbocycles. The van der Waals surface area contributed by atoms with Crippen molar-refractivity contribution in [3.8, 4) is 0 Å². The van der Waals surface area contributed by atoms with Crippen LogP contribution in [0.4, 0.5) is 5.69 Å². The summed E-state index contributed by atoms with van der Waals surface area (Å²) in [6, 6.07) is 4.50. The predicted molar refractivity (Wildman–Crippen MR) is 57.5 cm³/mol. The molecule has 0 aliphatic heterocycles. The quantitative estimate of drug-likeness (QED) is 0.545. The van der Waals surface area contributed by atoms with E-state index in [9.17, 15) is 14.4 Å². The van der Waals surface area contributed by atoms with Gasteiger partial charge in [-0.25, -0.2) is 9.59 Å². The maximum absolute atomic E-state index is 11.2. The van der Waals surface area contributed by atoms with Crippen LogP contribution in [0, 0.1) is 0 Å². The molecule has 88 valence electrons. The topological polar surface area (TPSA) is 101 Å². The molecule has 0 aliphatic rings. The van der Waals surface area contributed by atoms with Crippen molar-refractivity contribution in [2.75, 3.05) is 12.4 Å². The lowest BCUT2D eigenvalue weighted by molar-refractivity contribution is -0.150. The third-order valence-electron chi connectivity index (χ3n) is 2.05. The highest BCUT2D eigenvalue weighted by Crippen LogP contribution is 2.16. The Bertz CT molecular complexity index is 639. The minimum atomic E-state index is -0.999. The van der Waals surface area contributed by atoms with Crippen LogP contribution in [0.1, 0.15) is 0 Å². The minimum absolute atomic E-state index is 0.290. The Morgan fingerprint density at radius 3 is 2.88 bits per heavy atom. The van der Waals surface area contributed by atoms with E-state index in [1.807, 2.05) is 0 Å². The van der Waals surface area contributed by atoms with Crippen molar-refractivity contribution in [2.45, 2.75) is 0 Å². The largest absolute Gasteiger partial charge is 0.462 e. The Hall–Kier alpha value is -2.57. The lowest BCUT2D eigenvalue weighted by Crippen LogP contribution is -2.23. The van der Waals surface area contributed by atoms with E-state index in [1.54, 1.807) is 6.07 Å². The maximum atomic E-state index is 11.2. The van der Waals surface area contributed by atoms with Gasteiger partial charge in [-0.1, -0.05) is 0 Å². The summed E-state index contributed by atoms with van der Waals surface area (Å²) >= 11 is 0. The molecule has 0 spiro atoms. The third-order valence-corrected chi connectivity index (χ3v) is 2.05. The van der Waals surface area contributed by atoms with Gasteiger partial charge in [0, 0.05) is 11.8 Å². The molecular weight excluding hydrogens is 228 g/mol. The van der Waals surface area contributed by atoms with E-state index in [0.717, 1.165) is 7.11 Å². The second-order valence-corrected chi connectivity index (χ2v) is 3.17. The van der Waals surface area contributed by atoms with E-state index in [2.05, 4.69) is 15.0 Å². The highest BCUT2D eigenvalue weighted by atomic mass is 16.5. The zero-order valence-corrected chi connectivity index (χ0v) is 8.77. The Balaban J connectivity index is 2.27. The molecule has 0 unspecified atom stereocenters. The van der Waals surface area contributed by atoms with Gasteiger partial charge >= 0.3 is 17.6 Å². The number of nitrogens with one attached hydrogen (secondary N) is 2. The molecule has 1 aromatic heterocycles. The average Bonchev–Trinajstić information content (AvgIpc) is 2.67. The van der Waals surface area contributed by atoms with Crippen LogP contribution in [-0.2, 0) is 14.3 Å². The number of methoxy groups -OCH3 is 1. The van der Waals surface area contributed by atoms with Crippen LogP contribution in [0.5, 0.6) is 0 Å². The fraction of sp³-hybridized carbons (Fsp3) is 0.100. The standard InChI is InChI=1S/C10H8N2O5/c1-16-9(14)8(13)11-5-2-3-6-7(4-5)17-10(15)12-6/h2-4H,1H3,(H,11,13)(H,12,15). The SMILES string of the molecule is COC(=O)C(=O)Nc1ccc2[nH]c(=O)oc2c1. The van der Waals surface area contributed by atoms with Crippen LogP contribution in [-0.4, -0.2) is 24.0 Å². The van der Waals surface area contributed by atoms with E-state index in [4.69, 9.17) is 4.42 Å². The van der Waals surface area contributed by atoms with Gasteiger partial charge in [-0.3, -0.25) is 9.78 Å². The summed E-state index contributed by atoms with van der Waals surface area (Å²) in [6.07, 6.45) is 0. The van der Waals surface area contributed by atoms with Gasteiger partial charge < -0.3 is 14.5 Å². The molecule has 7 heteroatoms. The van der Waals surface area contributed by atoms with Crippen molar-refractivity contribution in [2.24, 2.45) is 0 Å². The number of oxazole rings is 1. The first-order valence-corrected chi connectivity index (χ1v) is 4.62. The molecule has 17 heavy (non-hydrogen) atoms. The van der Waals surface area contributed by atoms with E-state index in [0.29, 0.717) is 11.2 Å². The van der Waals surface area contributed by atoms with Crippen molar-refractivity contribution < 1.29 is 18.7 Å². The Morgan fingerprint density at radius 2 is 2.18 bits per heavy atom. The molecule has 1 amide bonds. The molecule has 1 aromatic carbocycles. The van der Waals surface area contributed by atoms with Gasteiger partial charge in [-0.2, -0.15) is 0 Å². The van der Waals surface area contributed by atoms with Crippen LogP contribution >= 0.6 is 0 Å². The maximum Gasteiger partial charge on any atom is 0.417 e. The molecule has 2 N–H and O–H groups in total. The minimum Gasteiger partial charge on any atom is -0.462 e. The van der Waals surface area contributed by atoms with Crippen LogP contribution in [0.2, 0.25) is 0 Å². The monoisotopic (exact) mass is 236 g/mol. The molecule has 0 aliphatic carbocycles. The highest BCUT2D eigenvalue weighted by Gasteiger charge is 2.14. The number of hydrogen-bond acceptors (Lipinski definition) is 5. The number of fused-ring (bicyclic) bond motifs is 1. The lowest BCUT2D eigenvalue weighted by atomic mass is 10.3. The smallest absolute Gasteiger partial charge is 0.417 e. The number of ether oxygens (including phenoxy) is 1. The number of carbonyl (C=O) groups excluding carboxylic acids is 2. The predicted octanol–water partition coefficient (Wildman–Crippen LogP) is 0.233. The van der Waals surface area contributed by atoms with Gasteiger partial charge in [0.1, 0.15) is 0 Å². The van der Waals surface area contributed by atoms with Gasteiger partial charge in [-0.05, 0) is 12.1 Å². The molecule has 0 saturated heterocycles. The summed E-state index contributed by atoms with van der Waals surface area (Å²) in [6.45, 7) is 0. The van der Waals surface area contributed by atoms with Crippen LogP contribution in [0.3, 0.4) is 0 Å². The number of anilines is 1. The van der Waals surface area contributed by atoms with Gasteiger partial charge in [0.15, 0.2) is 5.58 Å². The molecule has 0 atom stereocenters.